The van der Waals surface area contributed by atoms with Gasteiger partial charge in [0.25, 0.3) is 0 Å². The highest BCUT2D eigenvalue weighted by Gasteiger charge is 2.39. The first-order valence-electron chi connectivity index (χ1n) is 4.32. The van der Waals surface area contributed by atoms with E-state index in [1.165, 1.54) is 17.9 Å². The summed E-state index contributed by atoms with van der Waals surface area (Å²) < 4.78 is 41.9. The number of aliphatic hydroxyl groups excluding tert-OH is 1. The van der Waals surface area contributed by atoms with Crippen molar-refractivity contribution in [3.63, 3.8) is 0 Å². The normalized spacial score (nSPS) is 13.6. The highest BCUT2D eigenvalue weighted by molar-refractivity contribution is 5.68. The molecule has 0 aliphatic rings. The predicted molar refractivity (Wildman–Crippen MR) is 47.5 cm³/mol. The average molecular weight is 237 g/mol. The van der Waals surface area contributed by atoms with E-state index in [4.69, 9.17) is 5.11 Å². The van der Waals surface area contributed by atoms with Crippen LogP contribution in [0.15, 0.2) is 18.5 Å². The summed E-state index contributed by atoms with van der Waals surface area (Å²) >= 11 is 0. The second kappa shape index (κ2) is 4.56. The standard InChI is InChI=1S/C9H10F3NO3/c1-16-7(14)5-13-3-2-6(4-13)8(15)9(10,11)12/h2-4,8,15H,5H2,1H3. The molecule has 90 valence electrons. The lowest BCUT2D eigenvalue weighted by molar-refractivity contribution is -0.206. The van der Waals surface area contributed by atoms with Crippen LogP contribution in [0.4, 0.5) is 13.2 Å². The number of alkyl halides is 3. The average Bonchev–Trinajstić information content (AvgIpc) is 2.63. The molecule has 1 heterocycles. The van der Waals surface area contributed by atoms with Gasteiger partial charge in [-0.3, -0.25) is 4.79 Å². The van der Waals surface area contributed by atoms with Gasteiger partial charge in [-0.25, -0.2) is 0 Å². The molecule has 1 rings (SSSR count). The third kappa shape index (κ3) is 2.99. The van der Waals surface area contributed by atoms with Crippen molar-refractivity contribution in [2.45, 2.75) is 18.8 Å². The number of methoxy groups -OCH3 is 1. The van der Waals surface area contributed by atoms with Crippen LogP contribution in [-0.4, -0.2) is 28.9 Å². The van der Waals surface area contributed by atoms with Crippen molar-refractivity contribution < 1.29 is 27.8 Å². The maximum atomic E-state index is 12.1. The largest absolute Gasteiger partial charge is 0.468 e. The van der Waals surface area contributed by atoms with Crippen LogP contribution in [0.1, 0.15) is 11.7 Å². The number of aromatic nitrogens is 1. The maximum Gasteiger partial charge on any atom is 0.418 e. The van der Waals surface area contributed by atoms with Crippen LogP contribution in [0.3, 0.4) is 0 Å². The van der Waals surface area contributed by atoms with E-state index in [0.717, 1.165) is 12.3 Å². The molecule has 0 spiro atoms. The zero-order chi connectivity index (χ0) is 12.3. The number of carbonyl (C=O) groups is 1. The molecule has 16 heavy (non-hydrogen) atoms. The van der Waals surface area contributed by atoms with Gasteiger partial charge in [0, 0.05) is 18.0 Å². The van der Waals surface area contributed by atoms with Gasteiger partial charge in [0.1, 0.15) is 6.54 Å². The van der Waals surface area contributed by atoms with E-state index in [1.807, 2.05) is 0 Å². The lowest BCUT2D eigenvalue weighted by Crippen LogP contribution is -2.19. The van der Waals surface area contributed by atoms with Gasteiger partial charge in [0.2, 0.25) is 0 Å². The van der Waals surface area contributed by atoms with E-state index in [9.17, 15) is 18.0 Å². The van der Waals surface area contributed by atoms with E-state index in [-0.39, 0.29) is 12.1 Å². The smallest absolute Gasteiger partial charge is 0.418 e. The van der Waals surface area contributed by atoms with Gasteiger partial charge in [0.15, 0.2) is 6.10 Å². The Morgan fingerprint density at radius 3 is 2.75 bits per heavy atom. The first-order valence-corrected chi connectivity index (χ1v) is 4.32. The molecule has 0 saturated carbocycles. The number of nitrogens with zero attached hydrogens (tertiary/aromatic N) is 1. The predicted octanol–water partition coefficient (Wildman–Crippen LogP) is 1.26. The highest BCUT2D eigenvalue weighted by atomic mass is 19.4. The Hall–Kier alpha value is -1.50. The van der Waals surface area contributed by atoms with Crippen molar-refractivity contribution in [3.8, 4) is 0 Å². The van der Waals surface area contributed by atoms with Gasteiger partial charge in [-0.2, -0.15) is 13.2 Å². The SMILES string of the molecule is COC(=O)Cn1ccc(C(O)C(F)(F)F)c1. The van der Waals surface area contributed by atoms with Crippen LogP contribution >= 0.6 is 0 Å². The number of halogens is 3. The lowest BCUT2D eigenvalue weighted by Gasteiger charge is -2.12. The molecule has 0 saturated heterocycles. The van der Waals surface area contributed by atoms with Crippen molar-refractivity contribution in [1.29, 1.82) is 0 Å². The van der Waals surface area contributed by atoms with Gasteiger partial charge < -0.3 is 14.4 Å². The summed E-state index contributed by atoms with van der Waals surface area (Å²) in [4.78, 5) is 10.8. The third-order valence-corrected chi connectivity index (χ3v) is 1.94. The van der Waals surface area contributed by atoms with E-state index < -0.39 is 18.2 Å². The zero-order valence-electron chi connectivity index (χ0n) is 8.36. The van der Waals surface area contributed by atoms with E-state index in [0.29, 0.717) is 0 Å². The zero-order valence-corrected chi connectivity index (χ0v) is 8.36. The summed E-state index contributed by atoms with van der Waals surface area (Å²) in [5.74, 6) is -0.580. The Bertz CT molecular complexity index is 372. The minimum Gasteiger partial charge on any atom is -0.468 e. The number of aliphatic hydroxyl groups is 1. The van der Waals surface area contributed by atoms with Gasteiger partial charge >= 0.3 is 12.1 Å². The van der Waals surface area contributed by atoms with E-state index in [1.54, 1.807) is 0 Å². The summed E-state index contributed by atoms with van der Waals surface area (Å²) in [6.45, 7) is -0.193. The molecule has 1 aromatic heterocycles. The van der Waals surface area contributed by atoms with Crippen LogP contribution in [0.5, 0.6) is 0 Å². The van der Waals surface area contributed by atoms with Gasteiger partial charge in [-0.15, -0.1) is 0 Å². The van der Waals surface area contributed by atoms with Gasteiger partial charge in [0.05, 0.1) is 7.11 Å². The molecule has 1 N–H and O–H groups in total. The number of esters is 1. The minimum absolute atomic E-state index is 0.193. The molecule has 0 radical (unpaired) electrons. The van der Waals surface area contributed by atoms with Crippen LogP contribution in [0.2, 0.25) is 0 Å². The Balaban J connectivity index is 2.75. The Morgan fingerprint density at radius 1 is 1.62 bits per heavy atom. The topological polar surface area (TPSA) is 51.5 Å². The van der Waals surface area contributed by atoms with Gasteiger partial charge in [-0.1, -0.05) is 0 Å². The fraction of sp³-hybridized carbons (Fsp3) is 0.444. The third-order valence-electron chi connectivity index (χ3n) is 1.94. The van der Waals surface area contributed by atoms with Crippen LogP contribution in [0, 0.1) is 0 Å². The van der Waals surface area contributed by atoms with E-state index >= 15 is 0 Å². The van der Waals surface area contributed by atoms with Crippen LogP contribution < -0.4 is 0 Å². The number of hydrogen-bond acceptors (Lipinski definition) is 3. The van der Waals surface area contributed by atoms with E-state index in [2.05, 4.69) is 4.74 Å². The van der Waals surface area contributed by atoms with Crippen LogP contribution in [0.25, 0.3) is 0 Å². The van der Waals surface area contributed by atoms with Crippen molar-refractivity contribution in [3.05, 3.63) is 24.0 Å². The first kappa shape index (κ1) is 12.6. The molecule has 1 aromatic rings. The van der Waals surface area contributed by atoms with Gasteiger partial charge in [-0.05, 0) is 6.07 Å². The summed E-state index contributed by atoms with van der Waals surface area (Å²) in [6.07, 6.45) is -4.93. The molecular formula is C9H10F3NO3. The maximum absolute atomic E-state index is 12.1. The second-order valence-electron chi connectivity index (χ2n) is 3.14. The fourth-order valence-corrected chi connectivity index (χ4v) is 1.12. The monoisotopic (exact) mass is 237 g/mol. The minimum atomic E-state index is -4.71. The molecule has 0 fully saturated rings. The molecule has 0 bridgehead atoms. The number of ether oxygens (including phenoxy) is 1. The molecule has 0 amide bonds. The lowest BCUT2D eigenvalue weighted by atomic mass is 10.2. The molecule has 0 aliphatic heterocycles. The van der Waals surface area contributed by atoms with Crippen molar-refractivity contribution in [2.24, 2.45) is 0 Å². The quantitative estimate of drug-likeness (QED) is 0.805. The molecule has 4 nitrogen and oxygen atoms in total. The molecule has 7 heteroatoms. The fourth-order valence-electron chi connectivity index (χ4n) is 1.12. The first-order chi connectivity index (χ1) is 7.34. The Labute approximate surface area is 89.2 Å². The Morgan fingerprint density at radius 2 is 2.25 bits per heavy atom. The van der Waals surface area contributed by atoms with Crippen molar-refractivity contribution in [2.75, 3.05) is 7.11 Å². The number of hydrogen-bond donors (Lipinski definition) is 1. The summed E-state index contributed by atoms with van der Waals surface area (Å²) in [7, 11) is 1.18. The molecular weight excluding hydrogens is 227 g/mol. The second-order valence-corrected chi connectivity index (χ2v) is 3.14. The molecule has 0 aromatic carbocycles. The Kier molecular flexibility index (Phi) is 3.58. The summed E-state index contributed by atoms with van der Waals surface area (Å²) in [5, 5.41) is 8.91. The van der Waals surface area contributed by atoms with Crippen molar-refractivity contribution in [1.82, 2.24) is 4.57 Å². The highest BCUT2D eigenvalue weighted by Crippen LogP contribution is 2.32. The van der Waals surface area contributed by atoms with Crippen LogP contribution in [-0.2, 0) is 16.1 Å². The summed E-state index contributed by atoms with van der Waals surface area (Å²) in [6, 6.07) is 1.10. The number of carbonyl (C=O) groups excluding carboxylic acids is 1. The molecule has 1 atom stereocenters. The van der Waals surface area contributed by atoms with Crippen molar-refractivity contribution >= 4 is 5.97 Å². The molecule has 1 unspecified atom stereocenters. The number of rotatable bonds is 3. The molecule has 0 aliphatic carbocycles. The summed E-state index contributed by atoms with van der Waals surface area (Å²) in [5.41, 5.74) is -0.309.